The Hall–Kier alpha value is -1.06. The van der Waals surface area contributed by atoms with E-state index < -0.39 is 5.60 Å². The number of hydrogen-bond donors (Lipinski definition) is 2. The van der Waals surface area contributed by atoms with Crippen LogP contribution in [0.3, 0.4) is 0 Å². The standard InChI is InChI=1S/C21H31NO2/c1-24-18-7-6-17-8-11-21(23)10-3-2-9-20(21,19(17)14-18)12-13-22-15-16-4-5-16/h6-7,14,16,22-23H,2-5,8-13,15H2,1H3/t20-,21+/m1/s1. The lowest BCUT2D eigenvalue weighted by Gasteiger charge is -2.55. The van der Waals surface area contributed by atoms with Gasteiger partial charge in [0, 0.05) is 5.41 Å². The molecule has 3 nitrogen and oxygen atoms in total. The van der Waals surface area contributed by atoms with Gasteiger partial charge in [0.25, 0.3) is 0 Å². The lowest BCUT2D eigenvalue weighted by molar-refractivity contribution is -0.0869. The summed E-state index contributed by atoms with van der Waals surface area (Å²) < 4.78 is 5.51. The van der Waals surface area contributed by atoms with Gasteiger partial charge in [-0.15, -0.1) is 0 Å². The highest BCUT2D eigenvalue weighted by Crippen LogP contribution is 2.55. The van der Waals surface area contributed by atoms with Crippen LogP contribution in [0.1, 0.15) is 62.5 Å². The first-order valence-electron chi connectivity index (χ1n) is 9.77. The summed E-state index contributed by atoms with van der Waals surface area (Å²) in [7, 11) is 1.74. The van der Waals surface area contributed by atoms with Gasteiger partial charge in [-0.25, -0.2) is 0 Å². The third kappa shape index (κ3) is 2.76. The number of nitrogens with one attached hydrogen (secondary N) is 1. The van der Waals surface area contributed by atoms with Gasteiger partial charge in [-0.05, 0) is 87.2 Å². The van der Waals surface area contributed by atoms with Gasteiger partial charge < -0.3 is 15.2 Å². The Labute approximate surface area is 145 Å². The minimum atomic E-state index is -0.536. The molecule has 2 N–H and O–H groups in total. The molecule has 2 fully saturated rings. The Morgan fingerprint density at radius 2 is 2.04 bits per heavy atom. The van der Waals surface area contributed by atoms with Crippen LogP contribution in [0.5, 0.6) is 5.75 Å². The highest BCUT2D eigenvalue weighted by atomic mass is 16.5. The number of aliphatic hydroxyl groups is 1. The Kier molecular flexibility index (Phi) is 4.34. The third-order valence-corrected chi connectivity index (χ3v) is 6.83. The fourth-order valence-electron chi connectivity index (χ4n) is 5.18. The Balaban J connectivity index is 1.64. The molecule has 2 atom stereocenters. The van der Waals surface area contributed by atoms with E-state index in [4.69, 9.17) is 4.74 Å². The zero-order valence-corrected chi connectivity index (χ0v) is 14.9. The van der Waals surface area contributed by atoms with Gasteiger partial charge in [0.1, 0.15) is 5.75 Å². The van der Waals surface area contributed by atoms with Crippen molar-refractivity contribution >= 4 is 0 Å². The average Bonchev–Trinajstić information content (AvgIpc) is 3.43. The van der Waals surface area contributed by atoms with Gasteiger partial charge in [0.05, 0.1) is 12.7 Å². The molecule has 2 saturated carbocycles. The van der Waals surface area contributed by atoms with E-state index in [2.05, 4.69) is 23.5 Å². The van der Waals surface area contributed by atoms with Crippen molar-refractivity contribution in [2.75, 3.05) is 20.2 Å². The molecule has 0 aromatic heterocycles. The summed E-state index contributed by atoms with van der Waals surface area (Å²) in [5, 5.41) is 15.3. The predicted molar refractivity (Wildman–Crippen MR) is 96.6 cm³/mol. The largest absolute Gasteiger partial charge is 0.497 e. The first-order valence-corrected chi connectivity index (χ1v) is 9.77. The smallest absolute Gasteiger partial charge is 0.119 e. The summed E-state index contributed by atoms with van der Waals surface area (Å²) in [5.74, 6) is 1.83. The molecule has 1 aromatic carbocycles. The van der Waals surface area contributed by atoms with E-state index in [0.717, 1.165) is 63.3 Å². The number of aryl methyl sites for hydroxylation is 1. The van der Waals surface area contributed by atoms with Gasteiger partial charge in [-0.1, -0.05) is 18.9 Å². The first-order chi connectivity index (χ1) is 11.7. The number of fused-ring (bicyclic) bond motifs is 3. The molecule has 1 aromatic rings. The van der Waals surface area contributed by atoms with Crippen molar-refractivity contribution in [1.29, 1.82) is 0 Å². The molecule has 0 amide bonds. The second-order valence-electron chi connectivity index (χ2n) is 8.24. The van der Waals surface area contributed by atoms with E-state index in [1.165, 1.54) is 30.4 Å². The first kappa shape index (κ1) is 16.4. The van der Waals surface area contributed by atoms with E-state index in [-0.39, 0.29) is 5.41 Å². The molecule has 0 radical (unpaired) electrons. The quantitative estimate of drug-likeness (QED) is 0.784. The van der Waals surface area contributed by atoms with Crippen LogP contribution in [-0.4, -0.2) is 30.9 Å². The highest BCUT2D eigenvalue weighted by Gasteiger charge is 2.54. The minimum absolute atomic E-state index is 0.0933. The van der Waals surface area contributed by atoms with Crippen LogP contribution in [0.2, 0.25) is 0 Å². The monoisotopic (exact) mass is 329 g/mol. The molecule has 3 heteroatoms. The molecule has 0 heterocycles. The maximum absolute atomic E-state index is 11.6. The molecule has 132 valence electrons. The van der Waals surface area contributed by atoms with Crippen LogP contribution in [0.15, 0.2) is 18.2 Å². The van der Waals surface area contributed by atoms with Crippen LogP contribution in [0.4, 0.5) is 0 Å². The van der Waals surface area contributed by atoms with Crippen molar-refractivity contribution in [3.63, 3.8) is 0 Å². The molecule has 0 spiro atoms. The minimum Gasteiger partial charge on any atom is -0.497 e. The molecule has 0 aliphatic heterocycles. The summed E-state index contributed by atoms with van der Waals surface area (Å²) >= 11 is 0. The maximum Gasteiger partial charge on any atom is 0.119 e. The Bertz CT molecular complexity index is 598. The van der Waals surface area contributed by atoms with Crippen molar-refractivity contribution in [1.82, 2.24) is 5.32 Å². The highest BCUT2D eigenvalue weighted by molar-refractivity contribution is 5.46. The lowest BCUT2D eigenvalue weighted by Crippen LogP contribution is -2.57. The fraction of sp³-hybridized carbons (Fsp3) is 0.714. The second-order valence-corrected chi connectivity index (χ2v) is 8.24. The zero-order valence-electron chi connectivity index (χ0n) is 14.9. The summed E-state index contributed by atoms with van der Waals surface area (Å²) in [6.45, 7) is 2.16. The van der Waals surface area contributed by atoms with Crippen LogP contribution in [-0.2, 0) is 11.8 Å². The summed E-state index contributed by atoms with van der Waals surface area (Å²) in [6.07, 6.45) is 10.2. The summed E-state index contributed by atoms with van der Waals surface area (Å²) in [5.41, 5.74) is 2.16. The van der Waals surface area contributed by atoms with Crippen molar-refractivity contribution in [2.45, 2.75) is 68.8 Å². The van der Waals surface area contributed by atoms with Gasteiger partial charge in [-0.3, -0.25) is 0 Å². The molecule has 0 bridgehead atoms. The zero-order chi connectivity index (χ0) is 16.6. The van der Waals surface area contributed by atoms with Gasteiger partial charge in [-0.2, -0.15) is 0 Å². The van der Waals surface area contributed by atoms with Crippen LogP contribution < -0.4 is 10.1 Å². The summed E-state index contributed by atoms with van der Waals surface area (Å²) in [6, 6.07) is 6.51. The Morgan fingerprint density at radius 1 is 1.21 bits per heavy atom. The SMILES string of the molecule is COc1ccc2c(c1)[C@]1(CCNCC3CC3)CCCC[C@]1(O)CC2. The molecular formula is C21H31NO2. The van der Waals surface area contributed by atoms with Crippen molar-refractivity contribution in [2.24, 2.45) is 5.92 Å². The van der Waals surface area contributed by atoms with Crippen molar-refractivity contribution < 1.29 is 9.84 Å². The van der Waals surface area contributed by atoms with Gasteiger partial charge in [0.2, 0.25) is 0 Å². The second kappa shape index (κ2) is 6.34. The molecule has 0 unspecified atom stereocenters. The number of ether oxygens (including phenoxy) is 1. The average molecular weight is 329 g/mol. The van der Waals surface area contributed by atoms with E-state index in [9.17, 15) is 5.11 Å². The predicted octanol–water partition coefficient (Wildman–Crippen LogP) is 3.57. The van der Waals surface area contributed by atoms with E-state index in [1.54, 1.807) is 7.11 Å². The van der Waals surface area contributed by atoms with Crippen molar-refractivity contribution in [3.8, 4) is 5.75 Å². The molecule has 24 heavy (non-hydrogen) atoms. The number of hydrogen-bond acceptors (Lipinski definition) is 3. The number of methoxy groups -OCH3 is 1. The lowest BCUT2D eigenvalue weighted by atomic mass is 9.53. The van der Waals surface area contributed by atoms with Crippen LogP contribution in [0, 0.1) is 5.92 Å². The van der Waals surface area contributed by atoms with Gasteiger partial charge in [0.15, 0.2) is 0 Å². The fourth-order valence-corrected chi connectivity index (χ4v) is 5.18. The number of benzene rings is 1. The van der Waals surface area contributed by atoms with Gasteiger partial charge >= 0.3 is 0 Å². The van der Waals surface area contributed by atoms with Crippen molar-refractivity contribution in [3.05, 3.63) is 29.3 Å². The molecule has 3 aliphatic carbocycles. The molecule has 0 saturated heterocycles. The van der Waals surface area contributed by atoms with Crippen LogP contribution in [0.25, 0.3) is 0 Å². The van der Waals surface area contributed by atoms with Crippen LogP contribution >= 0.6 is 0 Å². The maximum atomic E-state index is 11.6. The number of rotatable bonds is 6. The molecule has 3 aliphatic rings. The molecular weight excluding hydrogens is 298 g/mol. The van der Waals surface area contributed by atoms with E-state index in [0.29, 0.717) is 0 Å². The third-order valence-electron chi connectivity index (χ3n) is 6.83. The molecule has 4 rings (SSSR count). The summed E-state index contributed by atoms with van der Waals surface area (Å²) in [4.78, 5) is 0. The Morgan fingerprint density at radius 3 is 2.83 bits per heavy atom. The van der Waals surface area contributed by atoms with E-state index >= 15 is 0 Å². The topological polar surface area (TPSA) is 41.5 Å². The normalized spacial score (nSPS) is 32.1. The van der Waals surface area contributed by atoms with E-state index in [1.807, 2.05) is 0 Å².